The van der Waals surface area contributed by atoms with Crippen molar-refractivity contribution in [1.82, 2.24) is 45.8 Å². The molecule has 6 atom stereocenters. The number of carbonyl (C=O) groups is 5. The van der Waals surface area contributed by atoms with Gasteiger partial charge in [0.1, 0.15) is 29.4 Å². The van der Waals surface area contributed by atoms with Crippen molar-refractivity contribution in [2.75, 3.05) is 13.7 Å². The first-order valence-electron chi connectivity index (χ1n) is 20.1. The number of amides is 5. The van der Waals surface area contributed by atoms with Crippen molar-refractivity contribution in [3.05, 3.63) is 24.3 Å². The van der Waals surface area contributed by atoms with Crippen LogP contribution in [0.5, 0.6) is 5.75 Å². The van der Waals surface area contributed by atoms with E-state index in [1.165, 1.54) is 16.8 Å². The Morgan fingerprint density at radius 1 is 0.949 bits per heavy atom. The Morgan fingerprint density at radius 3 is 2.20 bits per heavy atom. The van der Waals surface area contributed by atoms with Gasteiger partial charge in [-0.2, -0.15) is 4.80 Å². The number of alkyl halides is 2. The normalized spacial score (nSPS) is 24.4. The summed E-state index contributed by atoms with van der Waals surface area (Å²) in [4.78, 5) is 71.7. The number of nitrogens with zero attached hydrogens (tertiary/aromatic N) is 5. The van der Waals surface area contributed by atoms with Gasteiger partial charge in [0.2, 0.25) is 40.0 Å². The number of hydrogen-bond donors (Lipinski definition) is 4. The fourth-order valence-electron chi connectivity index (χ4n) is 7.92. The van der Waals surface area contributed by atoms with E-state index in [1.807, 2.05) is 4.72 Å². The van der Waals surface area contributed by atoms with E-state index >= 15 is 0 Å². The van der Waals surface area contributed by atoms with E-state index in [4.69, 9.17) is 9.47 Å². The molecule has 1 aliphatic heterocycles. The van der Waals surface area contributed by atoms with E-state index in [-0.39, 0.29) is 24.7 Å². The lowest BCUT2D eigenvalue weighted by Crippen LogP contribution is -2.61. The Kier molecular flexibility index (Phi) is 13.1. The van der Waals surface area contributed by atoms with Gasteiger partial charge in [-0.25, -0.2) is 22.0 Å². The SMILES string of the molecule is COc1ccc(-c2nnn([C@@H]3CC(C(=O)N[C@]4(C(=O)NS(=O)(=O)C5CC5)C[C@H]4C(F)F)N(C(=O)[C@@H](NC(=O)[C@@H](NC(=O)OC(C)C)C4CCCCC4)C(C)C)C3)n2)cc1. The number of methoxy groups -OCH3 is 1. The van der Waals surface area contributed by atoms with Gasteiger partial charge in [-0.3, -0.25) is 23.9 Å². The first-order valence-corrected chi connectivity index (χ1v) is 21.7. The van der Waals surface area contributed by atoms with Gasteiger partial charge in [0.05, 0.1) is 30.4 Å². The lowest BCUT2D eigenvalue weighted by atomic mass is 9.83. The number of aromatic nitrogens is 4. The molecule has 4 N–H and O–H groups in total. The Labute approximate surface area is 341 Å². The van der Waals surface area contributed by atoms with Gasteiger partial charge in [0.25, 0.3) is 5.91 Å². The molecule has 324 valence electrons. The van der Waals surface area contributed by atoms with Crippen LogP contribution >= 0.6 is 0 Å². The maximum absolute atomic E-state index is 14.7. The standard InChI is InChI=1S/C38H53F2N9O9S/c1-20(2)29(41-34(51)30(22-9-7-6-8-10-22)42-37(54)58-21(3)4)35(52)48-19-24(49-45-32(44-47-49)23-11-13-25(57-5)14-12-23)17-28(48)33(50)43-38(18-27(38)31(39)40)36(53)46-59(55,56)26-15-16-26/h11-14,20-22,24,26-31H,6-10,15-19H2,1-5H3,(H,41,51)(H,42,54)(H,43,50)(H,46,53)/t24-,27+,28?,29+,30+,38-/m1/s1. The van der Waals surface area contributed by atoms with E-state index in [9.17, 15) is 41.2 Å². The van der Waals surface area contributed by atoms with Crippen LogP contribution < -0.4 is 25.4 Å². The fourth-order valence-corrected chi connectivity index (χ4v) is 9.29. The molecule has 6 rings (SSSR count). The number of nitrogens with one attached hydrogen (secondary N) is 4. The number of tetrazole rings is 1. The van der Waals surface area contributed by atoms with Gasteiger partial charge in [0, 0.05) is 18.5 Å². The van der Waals surface area contributed by atoms with Gasteiger partial charge in [-0.1, -0.05) is 33.1 Å². The number of rotatable bonds is 16. The van der Waals surface area contributed by atoms with Crippen molar-refractivity contribution in [2.24, 2.45) is 17.8 Å². The van der Waals surface area contributed by atoms with E-state index in [0.717, 1.165) is 19.3 Å². The monoisotopic (exact) mass is 849 g/mol. The minimum absolute atomic E-state index is 0.153. The second-order valence-electron chi connectivity index (χ2n) is 16.5. The quantitative estimate of drug-likeness (QED) is 0.191. The van der Waals surface area contributed by atoms with Crippen molar-refractivity contribution in [1.29, 1.82) is 0 Å². The topological polar surface area (TPSA) is 233 Å². The molecule has 0 spiro atoms. The number of alkyl carbamates (subject to hydrolysis) is 1. The molecule has 5 amide bonds. The predicted octanol–water partition coefficient (Wildman–Crippen LogP) is 2.46. The van der Waals surface area contributed by atoms with Gasteiger partial charge in [0.15, 0.2) is 0 Å². The van der Waals surface area contributed by atoms with Crippen LogP contribution in [0.15, 0.2) is 24.3 Å². The number of sulfonamides is 1. The van der Waals surface area contributed by atoms with Crippen LogP contribution in [0, 0.1) is 17.8 Å². The second-order valence-corrected chi connectivity index (χ2v) is 18.5. The molecule has 3 aliphatic carbocycles. The summed E-state index contributed by atoms with van der Waals surface area (Å²) in [7, 11) is -2.63. The van der Waals surface area contributed by atoms with Crippen LogP contribution in [-0.2, 0) is 33.9 Å². The van der Waals surface area contributed by atoms with Crippen LogP contribution in [0.3, 0.4) is 0 Å². The molecule has 2 aromatic rings. The molecule has 1 unspecified atom stereocenters. The zero-order chi connectivity index (χ0) is 42.8. The number of ether oxygens (including phenoxy) is 2. The van der Waals surface area contributed by atoms with Crippen LogP contribution in [0.1, 0.15) is 91.5 Å². The van der Waals surface area contributed by atoms with Gasteiger partial charge in [-0.15, -0.1) is 10.2 Å². The van der Waals surface area contributed by atoms with Crippen LogP contribution in [0.4, 0.5) is 13.6 Å². The summed E-state index contributed by atoms with van der Waals surface area (Å²) in [5, 5.41) is 19.9. The number of halogens is 2. The summed E-state index contributed by atoms with van der Waals surface area (Å²) in [6.45, 7) is 6.55. The first-order chi connectivity index (χ1) is 27.9. The third-order valence-corrected chi connectivity index (χ3v) is 13.3. The van der Waals surface area contributed by atoms with E-state index in [1.54, 1.807) is 52.0 Å². The molecule has 0 radical (unpaired) electrons. The molecule has 18 nitrogen and oxygen atoms in total. The third kappa shape index (κ3) is 9.92. The van der Waals surface area contributed by atoms with Gasteiger partial charge >= 0.3 is 6.09 Å². The van der Waals surface area contributed by atoms with E-state index in [2.05, 4.69) is 31.4 Å². The maximum atomic E-state index is 14.7. The number of hydrogen-bond acceptors (Lipinski definition) is 12. The number of carbonyl (C=O) groups excluding carboxylic acids is 5. The van der Waals surface area contributed by atoms with Crippen molar-refractivity contribution in [3.63, 3.8) is 0 Å². The van der Waals surface area contributed by atoms with Crippen molar-refractivity contribution in [3.8, 4) is 17.1 Å². The summed E-state index contributed by atoms with van der Waals surface area (Å²) in [5.41, 5.74) is -1.65. The lowest BCUT2D eigenvalue weighted by molar-refractivity contribution is -0.143. The molecular formula is C38H53F2N9O9S. The first kappa shape index (κ1) is 43.6. The highest BCUT2D eigenvalue weighted by Crippen LogP contribution is 2.48. The average Bonchev–Trinajstić information content (AvgIpc) is 4.08. The number of likely N-dealkylation sites (tertiary alicyclic amines) is 1. The molecule has 2 heterocycles. The zero-order valence-corrected chi connectivity index (χ0v) is 34.5. The highest BCUT2D eigenvalue weighted by molar-refractivity contribution is 7.91. The Hall–Kier alpha value is -4.95. The lowest BCUT2D eigenvalue weighted by Gasteiger charge is -2.34. The Morgan fingerprint density at radius 2 is 1.63 bits per heavy atom. The Bertz CT molecular complexity index is 1990. The minimum Gasteiger partial charge on any atom is -0.497 e. The van der Waals surface area contributed by atoms with Crippen molar-refractivity contribution in [2.45, 2.75) is 133 Å². The predicted molar refractivity (Wildman–Crippen MR) is 206 cm³/mol. The summed E-state index contributed by atoms with van der Waals surface area (Å²) in [6, 6.07) is 2.41. The molecule has 3 saturated carbocycles. The molecule has 1 aromatic heterocycles. The zero-order valence-electron chi connectivity index (χ0n) is 33.7. The van der Waals surface area contributed by atoms with Crippen LogP contribution in [0.25, 0.3) is 11.4 Å². The fraction of sp³-hybridized carbons (Fsp3) is 0.684. The highest BCUT2D eigenvalue weighted by Gasteiger charge is 2.67. The molecule has 59 heavy (non-hydrogen) atoms. The molecular weight excluding hydrogens is 797 g/mol. The smallest absolute Gasteiger partial charge is 0.408 e. The van der Waals surface area contributed by atoms with Crippen LogP contribution in [0.2, 0.25) is 0 Å². The van der Waals surface area contributed by atoms with Crippen molar-refractivity contribution >= 4 is 39.7 Å². The summed E-state index contributed by atoms with van der Waals surface area (Å²) >= 11 is 0. The minimum atomic E-state index is -4.16. The van der Waals surface area contributed by atoms with Crippen LogP contribution in [-0.4, -0.2) is 118 Å². The van der Waals surface area contributed by atoms with Gasteiger partial charge < -0.3 is 30.3 Å². The second kappa shape index (κ2) is 17.7. The summed E-state index contributed by atoms with van der Waals surface area (Å²) in [5.74, 6) is -5.20. The maximum Gasteiger partial charge on any atom is 0.408 e. The molecule has 1 saturated heterocycles. The molecule has 21 heteroatoms. The van der Waals surface area contributed by atoms with E-state index in [0.29, 0.717) is 37.0 Å². The Balaban J connectivity index is 1.28. The molecule has 4 fully saturated rings. The molecule has 4 aliphatic rings. The highest BCUT2D eigenvalue weighted by atomic mass is 32.2. The van der Waals surface area contributed by atoms with Crippen molar-refractivity contribution < 1.29 is 50.6 Å². The molecule has 0 bridgehead atoms. The van der Waals surface area contributed by atoms with Gasteiger partial charge in [-0.05, 0) is 87.3 Å². The largest absolute Gasteiger partial charge is 0.497 e. The summed E-state index contributed by atoms with van der Waals surface area (Å²) < 4.78 is 66.1. The van der Waals surface area contributed by atoms with E-state index < -0.39 is 105 Å². The summed E-state index contributed by atoms with van der Waals surface area (Å²) in [6.07, 6.45) is -0.356. The third-order valence-electron chi connectivity index (χ3n) is 11.5. The average molecular weight is 850 g/mol. The number of benzene rings is 1. The molecule has 1 aromatic carbocycles.